The first kappa shape index (κ1) is 13.9. The highest BCUT2D eigenvalue weighted by Crippen LogP contribution is 2.31. The van der Waals surface area contributed by atoms with Crippen LogP contribution in [0.25, 0.3) is 0 Å². The van der Waals surface area contributed by atoms with E-state index in [2.05, 4.69) is 33.2 Å². The molecule has 0 amide bonds. The van der Waals surface area contributed by atoms with Gasteiger partial charge in [0.15, 0.2) is 0 Å². The lowest BCUT2D eigenvalue weighted by atomic mass is 10.0. The molecule has 4 heteroatoms. The maximum Gasteiger partial charge on any atom is 0.120 e. The minimum atomic E-state index is 0.0566. The fourth-order valence-electron chi connectivity index (χ4n) is 2.04. The summed E-state index contributed by atoms with van der Waals surface area (Å²) in [4.78, 5) is 4.17. The van der Waals surface area contributed by atoms with E-state index in [0.29, 0.717) is 5.75 Å². The van der Waals surface area contributed by atoms with Crippen molar-refractivity contribution in [1.82, 2.24) is 4.98 Å². The number of hydrogen-bond donors (Lipinski definition) is 2. The molecule has 0 bridgehead atoms. The maximum absolute atomic E-state index is 9.99. The van der Waals surface area contributed by atoms with E-state index in [1.165, 1.54) is 0 Å². The normalized spacial score (nSPS) is 12.2. The van der Waals surface area contributed by atoms with Crippen molar-refractivity contribution in [3.05, 3.63) is 52.3 Å². The molecule has 1 atom stereocenters. The third kappa shape index (κ3) is 3.47. The van der Waals surface area contributed by atoms with Gasteiger partial charge < -0.3 is 10.4 Å². The predicted molar refractivity (Wildman–Crippen MR) is 81.4 cm³/mol. The topological polar surface area (TPSA) is 45.2 Å². The molecule has 0 aliphatic carbocycles. The number of nitrogens with one attached hydrogen (secondary N) is 1. The van der Waals surface area contributed by atoms with E-state index in [9.17, 15) is 5.11 Å². The average molecular weight is 321 g/mol. The molecule has 3 nitrogen and oxygen atoms in total. The number of pyridine rings is 1. The van der Waals surface area contributed by atoms with Gasteiger partial charge in [0, 0.05) is 22.4 Å². The third-order valence-electron chi connectivity index (χ3n) is 2.99. The number of benzene rings is 1. The molecule has 0 saturated carbocycles. The minimum absolute atomic E-state index is 0.0566. The standard InChI is InChI=1S/C15H17BrN2O/c1-3-14(13-7-11(16)4-5-15(13)19)18-12-6-10(2)8-17-9-12/h4-9,14,18-19H,3H2,1-2H3. The highest BCUT2D eigenvalue weighted by atomic mass is 79.9. The number of anilines is 1. The van der Waals surface area contributed by atoms with Crippen molar-refractivity contribution in [2.45, 2.75) is 26.3 Å². The number of nitrogens with zero attached hydrogens (tertiary/aromatic N) is 1. The molecule has 0 fully saturated rings. The zero-order valence-corrected chi connectivity index (χ0v) is 12.6. The zero-order chi connectivity index (χ0) is 13.8. The van der Waals surface area contributed by atoms with Gasteiger partial charge in [-0.25, -0.2) is 0 Å². The summed E-state index contributed by atoms with van der Waals surface area (Å²) in [5, 5.41) is 13.4. The molecule has 2 N–H and O–H groups in total. The van der Waals surface area contributed by atoms with Gasteiger partial charge in [-0.05, 0) is 43.2 Å². The van der Waals surface area contributed by atoms with Crippen LogP contribution >= 0.6 is 15.9 Å². The number of halogens is 1. The van der Waals surface area contributed by atoms with E-state index in [1.807, 2.05) is 31.3 Å². The van der Waals surface area contributed by atoms with Crippen molar-refractivity contribution in [1.29, 1.82) is 0 Å². The predicted octanol–water partition coefficient (Wildman–Crippen LogP) is 4.42. The Morgan fingerprint density at radius 2 is 2.11 bits per heavy atom. The van der Waals surface area contributed by atoms with Gasteiger partial charge in [0.05, 0.1) is 11.7 Å². The fraction of sp³-hybridized carbons (Fsp3) is 0.267. The SMILES string of the molecule is CCC(Nc1cncc(C)c1)c1cc(Br)ccc1O. The molecule has 0 saturated heterocycles. The van der Waals surface area contributed by atoms with Crippen molar-refractivity contribution < 1.29 is 5.11 Å². The first-order valence-corrected chi connectivity index (χ1v) is 7.06. The highest BCUT2D eigenvalue weighted by molar-refractivity contribution is 9.10. The molecule has 0 radical (unpaired) electrons. The molecule has 2 rings (SSSR count). The molecule has 0 aliphatic heterocycles. The Kier molecular flexibility index (Phi) is 4.43. The van der Waals surface area contributed by atoms with Crippen molar-refractivity contribution in [2.75, 3.05) is 5.32 Å². The second-order valence-corrected chi connectivity index (χ2v) is 5.47. The Bertz CT molecular complexity index is 572. The number of aromatic hydroxyl groups is 1. The Labute approximate surface area is 121 Å². The Hall–Kier alpha value is -1.55. The molecular weight excluding hydrogens is 304 g/mol. The van der Waals surface area contributed by atoms with Crippen molar-refractivity contribution >= 4 is 21.6 Å². The zero-order valence-electron chi connectivity index (χ0n) is 11.0. The van der Waals surface area contributed by atoms with Crippen LogP contribution in [0.4, 0.5) is 5.69 Å². The fourth-order valence-corrected chi connectivity index (χ4v) is 2.42. The molecule has 1 heterocycles. The lowest BCUT2D eigenvalue weighted by Gasteiger charge is -2.20. The van der Waals surface area contributed by atoms with E-state index in [1.54, 1.807) is 12.3 Å². The quantitative estimate of drug-likeness (QED) is 0.876. The monoisotopic (exact) mass is 320 g/mol. The lowest BCUT2D eigenvalue weighted by Crippen LogP contribution is -2.10. The second kappa shape index (κ2) is 6.06. The molecule has 1 aromatic carbocycles. The molecule has 1 unspecified atom stereocenters. The number of rotatable bonds is 4. The van der Waals surface area contributed by atoms with Gasteiger partial charge in [0.2, 0.25) is 0 Å². The van der Waals surface area contributed by atoms with E-state index < -0.39 is 0 Å². The van der Waals surface area contributed by atoms with Crippen LogP contribution in [0.15, 0.2) is 41.1 Å². The van der Waals surface area contributed by atoms with Crippen LogP contribution in [0.3, 0.4) is 0 Å². The van der Waals surface area contributed by atoms with Crippen molar-refractivity contribution in [3.63, 3.8) is 0 Å². The number of phenolic OH excluding ortho intramolecular Hbond substituents is 1. The molecule has 2 aromatic rings. The van der Waals surface area contributed by atoms with Gasteiger partial charge in [0.1, 0.15) is 5.75 Å². The summed E-state index contributed by atoms with van der Waals surface area (Å²) < 4.78 is 0.961. The van der Waals surface area contributed by atoms with Crippen LogP contribution in [0.1, 0.15) is 30.5 Å². The largest absolute Gasteiger partial charge is 0.508 e. The van der Waals surface area contributed by atoms with Crippen LogP contribution in [0.5, 0.6) is 5.75 Å². The molecule has 1 aromatic heterocycles. The van der Waals surface area contributed by atoms with Gasteiger partial charge in [0.25, 0.3) is 0 Å². The summed E-state index contributed by atoms with van der Waals surface area (Å²) in [6.07, 6.45) is 4.49. The number of phenols is 1. The summed E-state index contributed by atoms with van der Waals surface area (Å²) in [6, 6.07) is 7.59. The van der Waals surface area contributed by atoms with Crippen LogP contribution in [0.2, 0.25) is 0 Å². The van der Waals surface area contributed by atoms with Crippen LogP contribution in [-0.4, -0.2) is 10.1 Å². The molecule has 100 valence electrons. The first-order valence-electron chi connectivity index (χ1n) is 6.26. The highest BCUT2D eigenvalue weighted by Gasteiger charge is 2.14. The molecule has 0 aliphatic rings. The Balaban J connectivity index is 2.27. The van der Waals surface area contributed by atoms with Crippen molar-refractivity contribution in [2.24, 2.45) is 0 Å². The van der Waals surface area contributed by atoms with Gasteiger partial charge >= 0.3 is 0 Å². The lowest BCUT2D eigenvalue weighted by molar-refractivity contribution is 0.462. The summed E-state index contributed by atoms with van der Waals surface area (Å²) in [7, 11) is 0. The molecular formula is C15H17BrN2O. The van der Waals surface area contributed by atoms with E-state index in [0.717, 1.165) is 27.7 Å². The van der Waals surface area contributed by atoms with E-state index in [-0.39, 0.29) is 6.04 Å². The maximum atomic E-state index is 9.99. The second-order valence-electron chi connectivity index (χ2n) is 4.56. The van der Waals surface area contributed by atoms with Crippen molar-refractivity contribution in [3.8, 4) is 5.75 Å². The van der Waals surface area contributed by atoms with Crippen LogP contribution in [-0.2, 0) is 0 Å². The van der Waals surface area contributed by atoms with Gasteiger partial charge in [-0.1, -0.05) is 22.9 Å². The minimum Gasteiger partial charge on any atom is -0.508 e. The smallest absolute Gasteiger partial charge is 0.120 e. The summed E-state index contributed by atoms with van der Waals surface area (Å²) in [5.41, 5.74) is 2.96. The third-order valence-corrected chi connectivity index (χ3v) is 3.48. The molecule has 0 spiro atoms. The number of aryl methyl sites for hydroxylation is 1. The number of aromatic nitrogens is 1. The average Bonchev–Trinajstić information content (AvgIpc) is 2.39. The van der Waals surface area contributed by atoms with Gasteiger partial charge in [-0.15, -0.1) is 0 Å². The van der Waals surface area contributed by atoms with Gasteiger partial charge in [-0.3, -0.25) is 4.98 Å². The molecule has 19 heavy (non-hydrogen) atoms. The van der Waals surface area contributed by atoms with E-state index in [4.69, 9.17) is 0 Å². The summed E-state index contributed by atoms with van der Waals surface area (Å²) in [6.45, 7) is 4.09. The van der Waals surface area contributed by atoms with Crippen LogP contribution < -0.4 is 5.32 Å². The first-order chi connectivity index (χ1) is 9.10. The van der Waals surface area contributed by atoms with Gasteiger partial charge in [-0.2, -0.15) is 0 Å². The number of hydrogen-bond acceptors (Lipinski definition) is 3. The Morgan fingerprint density at radius 3 is 2.79 bits per heavy atom. The summed E-state index contributed by atoms with van der Waals surface area (Å²) >= 11 is 3.44. The Morgan fingerprint density at radius 1 is 1.32 bits per heavy atom. The van der Waals surface area contributed by atoms with E-state index >= 15 is 0 Å². The summed E-state index contributed by atoms with van der Waals surface area (Å²) in [5.74, 6) is 0.308. The van der Waals surface area contributed by atoms with Crippen LogP contribution in [0, 0.1) is 6.92 Å².